The molecule has 0 aliphatic carbocycles. The fraction of sp³-hybridized carbons (Fsp3) is 0.500. The number of hydrogen-bond donors (Lipinski definition) is 3. The second kappa shape index (κ2) is 6.14. The van der Waals surface area contributed by atoms with Crippen LogP contribution in [-0.4, -0.2) is 42.4 Å². The summed E-state index contributed by atoms with van der Waals surface area (Å²) in [5.74, 6) is -0.671. The van der Waals surface area contributed by atoms with Gasteiger partial charge in [-0.05, 0) is 30.8 Å². The molecule has 5 N–H and O–H groups in total. The van der Waals surface area contributed by atoms with Crippen molar-refractivity contribution in [1.29, 1.82) is 0 Å². The van der Waals surface area contributed by atoms with E-state index in [0.717, 1.165) is 25.9 Å². The smallest absolute Gasteiger partial charge is 0.251 e. The van der Waals surface area contributed by atoms with E-state index in [1.54, 1.807) is 11.4 Å². The number of amides is 2. The fourth-order valence-electron chi connectivity index (χ4n) is 2.20. The first-order valence-electron chi connectivity index (χ1n) is 6.21. The maximum atomic E-state index is 11.9. The normalized spacial score (nSPS) is 20.2. The molecule has 1 unspecified atom stereocenters. The molecule has 6 nitrogen and oxygen atoms in total. The van der Waals surface area contributed by atoms with Gasteiger partial charge in [-0.1, -0.05) is 0 Å². The topological polar surface area (TPSA) is 101 Å². The molecule has 1 atom stereocenters. The highest BCUT2D eigenvalue weighted by molar-refractivity contribution is 7.14. The SMILES string of the molecule is NC(=O)c1ccsc1NC(=O)CN1CCCC(N)C1. The van der Waals surface area contributed by atoms with Crippen molar-refractivity contribution in [2.24, 2.45) is 11.5 Å². The number of hydrogen-bond acceptors (Lipinski definition) is 5. The third-order valence-corrected chi connectivity index (χ3v) is 3.92. The lowest BCUT2D eigenvalue weighted by Gasteiger charge is -2.29. The Morgan fingerprint density at radius 3 is 3.00 bits per heavy atom. The highest BCUT2D eigenvalue weighted by Gasteiger charge is 2.20. The van der Waals surface area contributed by atoms with Crippen molar-refractivity contribution in [2.75, 3.05) is 25.0 Å². The Kier molecular flexibility index (Phi) is 4.52. The zero-order valence-corrected chi connectivity index (χ0v) is 11.4. The van der Waals surface area contributed by atoms with Gasteiger partial charge in [0, 0.05) is 12.6 Å². The van der Waals surface area contributed by atoms with Gasteiger partial charge >= 0.3 is 0 Å². The zero-order chi connectivity index (χ0) is 13.8. The van der Waals surface area contributed by atoms with Crippen molar-refractivity contribution in [3.8, 4) is 0 Å². The Labute approximate surface area is 115 Å². The van der Waals surface area contributed by atoms with Crippen molar-refractivity contribution in [1.82, 2.24) is 4.90 Å². The first-order chi connectivity index (χ1) is 9.06. The van der Waals surface area contributed by atoms with E-state index in [1.807, 2.05) is 4.90 Å². The molecule has 1 aliphatic rings. The number of anilines is 1. The summed E-state index contributed by atoms with van der Waals surface area (Å²) in [6, 6.07) is 1.75. The Morgan fingerprint density at radius 1 is 1.53 bits per heavy atom. The standard InChI is InChI=1S/C12H18N4O2S/c13-8-2-1-4-16(6-8)7-10(17)15-12-9(11(14)18)3-5-19-12/h3,5,8H,1-2,4,6-7,13H2,(H2,14,18)(H,15,17). The minimum Gasteiger partial charge on any atom is -0.366 e. The first kappa shape index (κ1) is 14.0. The minimum absolute atomic E-state index is 0.140. The average Bonchev–Trinajstić information content (AvgIpc) is 2.76. The van der Waals surface area contributed by atoms with Crippen LogP contribution in [-0.2, 0) is 4.79 Å². The number of carbonyl (C=O) groups excluding carboxylic acids is 2. The largest absolute Gasteiger partial charge is 0.366 e. The van der Waals surface area contributed by atoms with E-state index in [4.69, 9.17) is 11.5 Å². The lowest BCUT2D eigenvalue weighted by atomic mass is 10.1. The van der Waals surface area contributed by atoms with Gasteiger partial charge in [0.25, 0.3) is 5.91 Å². The Bertz CT molecular complexity index is 474. The van der Waals surface area contributed by atoms with Gasteiger partial charge in [0.2, 0.25) is 5.91 Å². The molecule has 1 fully saturated rings. The van der Waals surface area contributed by atoms with Crippen LogP contribution in [0, 0.1) is 0 Å². The first-order valence-corrected chi connectivity index (χ1v) is 7.09. The van der Waals surface area contributed by atoms with E-state index in [-0.39, 0.29) is 11.9 Å². The van der Waals surface area contributed by atoms with Crippen molar-refractivity contribution < 1.29 is 9.59 Å². The van der Waals surface area contributed by atoms with Crippen molar-refractivity contribution in [3.63, 3.8) is 0 Å². The molecule has 2 rings (SSSR count). The molecule has 1 saturated heterocycles. The summed E-state index contributed by atoms with van der Waals surface area (Å²) < 4.78 is 0. The number of nitrogens with one attached hydrogen (secondary N) is 1. The molecular formula is C12H18N4O2S. The van der Waals surface area contributed by atoms with Crippen molar-refractivity contribution in [2.45, 2.75) is 18.9 Å². The van der Waals surface area contributed by atoms with Crippen LogP contribution in [0.3, 0.4) is 0 Å². The van der Waals surface area contributed by atoms with E-state index in [1.165, 1.54) is 11.3 Å². The predicted molar refractivity (Wildman–Crippen MR) is 75.1 cm³/mol. The van der Waals surface area contributed by atoms with Gasteiger partial charge in [0.15, 0.2) is 0 Å². The van der Waals surface area contributed by atoms with E-state index < -0.39 is 5.91 Å². The summed E-state index contributed by atoms with van der Waals surface area (Å²) in [6.45, 7) is 1.92. The maximum Gasteiger partial charge on any atom is 0.251 e. The van der Waals surface area contributed by atoms with Crippen LogP contribution in [0.1, 0.15) is 23.2 Å². The molecule has 2 heterocycles. The van der Waals surface area contributed by atoms with Gasteiger partial charge in [-0.25, -0.2) is 0 Å². The third-order valence-electron chi connectivity index (χ3n) is 3.09. The molecule has 0 aromatic carbocycles. The summed E-state index contributed by atoms with van der Waals surface area (Å²) in [4.78, 5) is 25.1. The molecule has 19 heavy (non-hydrogen) atoms. The highest BCUT2D eigenvalue weighted by atomic mass is 32.1. The number of thiophene rings is 1. The van der Waals surface area contributed by atoms with Crippen LogP contribution in [0.25, 0.3) is 0 Å². The number of primary amides is 1. The molecule has 0 saturated carbocycles. The number of likely N-dealkylation sites (tertiary alicyclic amines) is 1. The van der Waals surface area contributed by atoms with Crippen LogP contribution in [0.4, 0.5) is 5.00 Å². The van der Waals surface area contributed by atoms with Crippen LogP contribution in [0.2, 0.25) is 0 Å². The Morgan fingerprint density at radius 2 is 2.32 bits per heavy atom. The number of carbonyl (C=O) groups is 2. The van der Waals surface area contributed by atoms with Gasteiger partial charge in [0.05, 0.1) is 12.1 Å². The van der Waals surface area contributed by atoms with Crippen LogP contribution >= 0.6 is 11.3 Å². The molecule has 1 aliphatic heterocycles. The number of rotatable bonds is 4. The Balaban J connectivity index is 1.90. The molecule has 0 bridgehead atoms. The average molecular weight is 282 g/mol. The molecule has 2 amide bonds. The molecule has 104 valence electrons. The van der Waals surface area contributed by atoms with Gasteiger partial charge in [-0.2, -0.15) is 0 Å². The van der Waals surface area contributed by atoms with Crippen LogP contribution in [0.5, 0.6) is 0 Å². The van der Waals surface area contributed by atoms with E-state index in [9.17, 15) is 9.59 Å². The molecule has 1 aromatic heterocycles. The van der Waals surface area contributed by atoms with Gasteiger partial charge in [-0.3, -0.25) is 14.5 Å². The fourth-order valence-corrected chi connectivity index (χ4v) is 3.01. The van der Waals surface area contributed by atoms with E-state index in [2.05, 4.69) is 5.32 Å². The van der Waals surface area contributed by atoms with Crippen molar-refractivity contribution >= 4 is 28.2 Å². The molecule has 0 radical (unpaired) electrons. The van der Waals surface area contributed by atoms with E-state index >= 15 is 0 Å². The number of piperidine rings is 1. The summed E-state index contributed by atoms with van der Waals surface area (Å²) >= 11 is 1.29. The summed E-state index contributed by atoms with van der Waals surface area (Å²) in [6.07, 6.45) is 2.02. The number of nitrogens with two attached hydrogens (primary N) is 2. The third kappa shape index (κ3) is 3.76. The van der Waals surface area contributed by atoms with Gasteiger partial charge < -0.3 is 16.8 Å². The lowest BCUT2D eigenvalue weighted by Crippen LogP contribution is -2.45. The van der Waals surface area contributed by atoms with Gasteiger partial charge in [0.1, 0.15) is 5.00 Å². The molecular weight excluding hydrogens is 264 g/mol. The lowest BCUT2D eigenvalue weighted by molar-refractivity contribution is -0.117. The highest BCUT2D eigenvalue weighted by Crippen LogP contribution is 2.22. The van der Waals surface area contributed by atoms with Gasteiger partial charge in [-0.15, -0.1) is 11.3 Å². The zero-order valence-electron chi connectivity index (χ0n) is 10.6. The molecule has 7 heteroatoms. The monoisotopic (exact) mass is 282 g/mol. The quantitative estimate of drug-likeness (QED) is 0.734. The summed E-state index contributed by atoms with van der Waals surface area (Å²) in [5, 5.41) is 4.97. The second-order valence-corrected chi connectivity index (χ2v) is 5.63. The van der Waals surface area contributed by atoms with Crippen molar-refractivity contribution in [3.05, 3.63) is 17.0 Å². The van der Waals surface area contributed by atoms with Crippen LogP contribution in [0.15, 0.2) is 11.4 Å². The second-order valence-electron chi connectivity index (χ2n) is 4.71. The molecule has 1 aromatic rings. The number of nitrogens with zero attached hydrogens (tertiary/aromatic N) is 1. The Hall–Kier alpha value is -1.44. The maximum absolute atomic E-state index is 11.9. The molecule has 0 spiro atoms. The van der Waals surface area contributed by atoms with Crippen LogP contribution < -0.4 is 16.8 Å². The summed E-state index contributed by atoms with van der Waals surface area (Å²) in [7, 11) is 0. The minimum atomic E-state index is -0.531. The van der Waals surface area contributed by atoms with E-state index in [0.29, 0.717) is 17.1 Å². The summed E-state index contributed by atoms with van der Waals surface area (Å²) in [5.41, 5.74) is 11.5. The predicted octanol–water partition coefficient (Wildman–Crippen LogP) is 0.209.